The second-order valence-corrected chi connectivity index (χ2v) is 4.43. The Hall–Kier alpha value is -2.04. The van der Waals surface area contributed by atoms with Crippen LogP contribution in [0, 0.1) is 12.7 Å². The summed E-state index contributed by atoms with van der Waals surface area (Å²) in [5, 5.41) is 3.97. The van der Waals surface area contributed by atoms with E-state index < -0.39 is 11.6 Å². The Morgan fingerprint density at radius 1 is 1.39 bits per heavy atom. The number of aromatic nitrogens is 3. The van der Waals surface area contributed by atoms with Crippen LogP contribution in [0.5, 0.6) is 0 Å². The van der Waals surface area contributed by atoms with Gasteiger partial charge < -0.3 is 0 Å². The molecule has 4 nitrogen and oxygen atoms in total. The van der Waals surface area contributed by atoms with E-state index in [1.54, 1.807) is 13.0 Å². The highest BCUT2D eigenvalue weighted by atomic mass is 19.1. The van der Waals surface area contributed by atoms with Crippen molar-refractivity contribution in [3.63, 3.8) is 0 Å². The molecule has 94 valence electrons. The minimum Gasteiger partial charge on any atom is -0.285 e. The van der Waals surface area contributed by atoms with E-state index in [0.29, 0.717) is 0 Å². The summed E-state index contributed by atoms with van der Waals surface area (Å²) in [5.41, 5.74) is 0.796. The first-order valence-corrected chi connectivity index (χ1v) is 5.71. The molecule has 5 heteroatoms. The minimum absolute atomic E-state index is 0.0000374. The highest BCUT2D eigenvalue weighted by molar-refractivity contribution is 6.06. The van der Waals surface area contributed by atoms with E-state index in [9.17, 15) is 9.18 Å². The number of halogens is 1. The van der Waals surface area contributed by atoms with E-state index in [0.717, 1.165) is 5.56 Å². The first kappa shape index (κ1) is 12.4. The Labute approximate surface area is 104 Å². The van der Waals surface area contributed by atoms with Gasteiger partial charge in [-0.3, -0.25) is 4.79 Å². The zero-order valence-corrected chi connectivity index (χ0v) is 10.5. The Kier molecular flexibility index (Phi) is 3.23. The predicted octanol–water partition coefficient (Wildman–Crippen LogP) is 2.54. The van der Waals surface area contributed by atoms with E-state index in [-0.39, 0.29) is 17.4 Å². The molecule has 0 atom stereocenters. The molecular formula is C13H14FN3O. The number of carbonyl (C=O) groups is 1. The van der Waals surface area contributed by atoms with Crippen LogP contribution in [0.15, 0.2) is 24.5 Å². The van der Waals surface area contributed by atoms with Gasteiger partial charge in [-0.25, -0.2) is 14.1 Å². The van der Waals surface area contributed by atoms with Crippen molar-refractivity contribution in [3.8, 4) is 0 Å². The molecule has 2 rings (SSSR count). The quantitative estimate of drug-likeness (QED) is 0.783. The van der Waals surface area contributed by atoms with Gasteiger partial charge in [-0.05, 0) is 38.5 Å². The van der Waals surface area contributed by atoms with E-state index in [2.05, 4.69) is 10.1 Å². The van der Waals surface area contributed by atoms with Gasteiger partial charge in [-0.1, -0.05) is 6.07 Å². The first-order chi connectivity index (χ1) is 8.50. The number of hydrogen-bond donors (Lipinski definition) is 0. The molecule has 0 aliphatic heterocycles. The average Bonchev–Trinajstić information content (AvgIpc) is 2.77. The highest BCUT2D eigenvalue weighted by Gasteiger charge is 2.20. The topological polar surface area (TPSA) is 47.8 Å². The fourth-order valence-corrected chi connectivity index (χ4v) is 1.72. The van der Waals surface area contributed by atoms with Gasteiger partial charge in [-0.15, -0.1) is 0 Å². The van der Waals surface area contributed by atoms with E-state index in [1.165, 1.54) is 23.1 Å². The molecule has 0 N–H and O–H groups in total. The van der Waals surface area contributed by atoms with Crippen molar-refractivity contribution in [2.24, 2.45) is 0 Å². The first-order valence-electron chi connectivity index (χ1n) is 5.71. The number of nitrogens with zero attached hydrogens (tertiary/aromatic N) is 3. The molecule has 0 bridgehead atoms. The van der Waals surface area contributed by atoms with Gasteiger partial charge in [-0.2, -0.15) is 5.10 Å². The average molecular weight is 247 g/mol. The van der Waals surface area contributed by atoms with Crippen LogP contribution >= 0.6 is 0 Å². The van der Waals surface area contributed by atoms with Crippen molar-refractivity contribution < 1.29 is 9.18 Å². The molecule has 1 aromatic heterocycles. The largest absolute Gasteiger partial charge is 0.285 e. The molecule has 2 aromatic rings. The predicted molar refractivity (Wildman–Crippen MR) is 65.0 cm³/mol. The number of hydrogen-bond acceptors (Lipinski definition) is 3. The number of aryl methyl sites for hydroxylation is 1. The second-order valence-electron chi connectivity index (χ2n) is 4.43. The van der Waals surface area contributed by atoms with E-state index in [1.807, 2.05) is 13.8 Å². The summed E-state index contributed by atoms with van der Waals surface area (Å²) in [6, 6.07) is 4.52. The monoisotopic (exact) mass is 247 g/mol. The van der Waals surface area contributed by atoms with Gasteiger partial charge >= 0.3 is 0 Å². The highest BCUT2D eigenvalue weighted by Crippen LogP contribution is 2.15. The Morgan fingerprint density at radius 2 is 2.11 bits per heavy atom. The van der Waals surface area contributed by atoms with Crippen molar-refractivity contribution in [3.05, 3.63) is 47.3 Å². The SMILES string of the molecule is Cc1ccc(C(=O)c2ncnn2C(C)C)c(F)c1. The Bertz CT molecular complexity index is 590. The molecule has 0 amide bonds. The van der Waals surface area contributed by atoms with E-state index in [4.69, 9.17) is 0 Å². The maximum Gasteiger partial charge on any atom is 0.232 e. The lowest BCUT2D eigenvalue weighted by molar-refractivity contribution is 0.101. The summed E-state index contributed by atoms with van der Waals surface area (Å²) in [6.07, 6.45) is 1.30. The third-order valence-corrected chi connectivity index (χ3v) is 2.63. The minimum atomic E-state index is -0.529. The van der Waals surface area contributed by atoms with Crippen LogP contribution in [0.3, 0.4) is 0 Å². The van der Waals surface area contributed by atoms with Crippen LogP contribution in [0.2, 0.25) is 0 Å². The third-order valence-electron chi connectivity index (χ3n) is 2.63. The van der Waals surface area contributed by atoms with Gasteiger partial charge in [0, 0.05) is 6.04 Å². The lowest BCUT2D eigenvalue weighted by Gasteiger charge is -2.09. The molecule has 0 spiro atoms. The summed E-state index contributed by atoms with van der Waals surface area (Å²) < 4.78 is 15.2. The summed E-state index contributed by atoms with van der Waals surface area (Å²) in [7, 11) is 0. The smallest absolute Gasteiger partial charge is 0.232 e. The molecule has 0 saturated heterocycles. The fraction of sp³-hybridized carbons (Fsp3) is 0.308. The fourth-order valence-electron chi connectivity index (χ4n) is 1.72. The summed E-state index contributed by atoms with van der Waals surface area (Å²) in [5.74, 6) is -0.815. The Morgan fingerprint density at radius 3 is 2.72 bits per heavy atom. The molecule has 1 aromatic carbocycles. The molecule has 0 aliphatic rings. The van der Waals surface area contributed by atoms with Gasteiger partial charge in [0.1, 0.15) is 12.1 Å². The van der Waals surface area contributed by atoms with Crippen LogP contribution in [-0.2, 0) is 0 Å². The molecule has 1 heterocycles. The van der Waals surface area contributed by atoms with Gasteiger partial charge in [0.25, 0.3) is 0 Å². The summed E-state index contributed by atoms with van der Waals surface area (Å²) >= 11 is 0. The van der Waals surface area contributed by atoms with E-state index >= 15 is 0 Å². The molecular weight excluding hydrogens is 233 g/mol. The van der Waals surface area contributed by atoms with Gasteiger partial charge in [0.05, 0.1) is 5.56 Å². The van der Waals surface area contributed by atoms with Crippen molar-refractivity contribution in [2.75, 3.05) is 0 Å². The molecule has 0 saturated carbocycles. The van der Waals surface area contributed by atoms with Crippen LogP contribution in [0.25, 0.3) is 0 Å². The maximum absolute atomic E-state index is 13.7. The number of ketones is 1. The zero-order chi connectivity index (χ0) is 13.3. The second kappa shape index (κ2) is 4.68. The lowest BCUT2D eigenvalue weighted by Crippen LogP contribution is -2.15. The van der Waals surface area contributed by atoms with Crippen LogP contribution in [0.1, 0.15) is 41.6 Å². The van der Waals surface area contributed by atoms with Crippen molar-refractivity contribution >= 4 is 5.78 Å². The van der Waals surface area contributed by atoms with Crippen molar-refractivity contribution in [2.45, 2.75) is 26.8 Å². The Balaban J connectivity index is 2.45. The molecule has 0 unspecified atom stereocenters. The standard InChI is InChI=1S/C13H14FN3O/c1-8(2)17-13(15-7-16-17)12(18)10-5-4-9(3)6-11(10)14/h4-8H,1-3H3. The lowest BCUT2D eigenvalue weighted by atomic mass is 10.1. The number of rotatable bonds is 3. The van der Waals surface area contributed by atoms with Crippen LogP contribution in [-0.4, -0.2) is 20.5 Å². The van der Waals surface area contributed by atoms with Crippen molar-refractivity contribution in [1.82, 2.24) is 14.8 Å². The molecule has 0 radical (unpaired) electrons. The van der Waals surface area contributed by atoms with Gasteiger partial charge in [0.15, 0.2) is 5.82 Å². The molecule has 0 aliphatic carbocycles. The van der Waals surface area contributed by atoms with Gasteiger partial charge in [0.2, 0.25) is 5.78 Å². The van der Waals surface area contributed by atoms with Crippen LogP contribution < -0.4 is 0 Å². The summed E-state index contributed by atoms with van der Waals surface area (Å²) in [4.78, 5) is 16.1. The molecule has 0 fully saturated rings. The zero-order valence-electron chi connectivity index (χ0n) is 10.5. The number of benzene rings is 1. The maximum atomic E-state index is 13.7. The summed E-state index contributed by atoms with van der Waals surface area (Å²) in [6.45, 7) is 5.54. The molecule has 18 heavy (non-hydrogen) atoms. The normalized spacial score (nSPS) is 10.9. The number of carbonyl (C=O) groups excluding carboxylic acids is 1. The van der Waals surface area contributed by atoms with Crippen LogP contribution in [0.4, 0.5) is 4.39 Å². The van der Waals surface area contributed by atoms with Crippen molar-refractivity contribution in [1.29, 1.82) is 0 Å². The third kappa shape index (κ3) is 2.16.